The van der Waals surface area contributed by atoms with Gasteiger partial charge in [0.05, 0.1) is 6.61 Å². The molecule has 0 unspecified atom stereocenters. The van der Waals surface area contributed by atoms with Crippen molar-refractivity contribution in [3.8, 4) is 0 Å². The summed E-state index contributed by atoms with van der Waals surface area (Å²) in [7, 11) is 3.44. The molecule has 0 rings (SSSR count). The second kappa shape index (κ2) is 9.09. The third-order valence-corrected chi connectivity index (χ3v) is 2.61. The molecule has 98 valence electrons. The maximum atomic E-state index is 11.8. The first-order valence-electron chi connectivity index (χ1n) is 5.04. The van der Waals surface area contributed by atoms with Gasteiger partial charge in [-0.15, -0.1) is 0 Å². The van der Waals surface area contributed by atoms with E-state index < -0.39 is 5.51 Å². The lowest BCUT2D eigenvalue weighted by atomic mass is 10.5. The van der Waals surface area contributed by atoms with E-state index >= 15 is 0 Å². The summed E-state index contributed by atoms with van der Waals surface area (Å²) >= 11 is 0.0272. The molecule has 16 heavy (non-hydrogen) atoms. The molecule has 1 N–H and O–H groups in total. The van der Waals surface area contributed by atoms with Crippen LogP contribution in [0.2, 0.25) is 0 Å². The topological polar surface area (TPSA) is 24.5 Å². The van der Waals surface area contributed by atoms with Crippen molar-refractivity contribution in [2.24, 2.45) is 0 Å². The Morgan fingerprint density at radius 3 is 2.50 bits per heavy atom. The standard InChI is InChI=1S/C9H19F3N2OS/c1-14(5-3-13-4-7-15-2)6-8-16-9(10,11)12/h13H,3-8H2,1-2H3. The predicted molar refractivity (Wildman–Crippen MR) is 60.8 cm³/mol. The second-order valence-electron chi connectivity index (χ2n) is 3.34. The van der Waals surface area contributed by atoms with Gasteiger partial charge < -0.3 is 15.0 Å². The van der Waals surface area contributed by atoms with Gasteiger partial charge in [0, 0.05) is 39.0 Å². The number of hydrogen-bond acceptors (Lipinski definition) is 4. The fourth-order valence-corrected chi connectivity index (χ4v) is 1.63. The molecule has 0 aromatic rings. The second-order valence-corrected chi connectivity index (χ2v) is 4.50. The molecule has 0 aliphatic carbocycles. The van der Waals surface area contributed by atoms with Gasteiger partial charge in [-0.25, -0.2) is 0 Å². The van der Waals surface area contributed by atoms with Gasteiger partial charge in [-0.2, -0.15) is 13.2 Å². The highest BCUT2D eigenvalue weighted by molar-refractivity contribution is 8.00. The molecule has 0 saturated heterocycles. The van der Waals surface area contributed by atoms with E-state index in [2.05, 4.69) is 5.32 Å². The Balaban J connectivity index is 3.28. The Morgan fingerprint density at radius 2 is 1.94 bits per heavy atom. The first kappa shape index (κ1) is 16.0. The van der Waals surface area contributed by atoms with Crippen LogP contribution in [0.5, 0.6) is 0 Å². The zero-order valence-corrected chi connectivity index (χ0v) is 10.5. The van der Waals surface area contributed by atoms with Crippen molar-refractivity contribution >= 4 is 11.8 Å². The summed E-state index contributed by atoms with van der Waals surface area (Å²) in [6.45, 7) is 3.35. The van der Waals surface area contributed by atoms with Crippen LogP contribution in [0, 0.1) is 0 Å². The number of methoxy groups -OCH3 is 1. The Bertz CT molecular complexity index is 169. The van der Waals surface area contributed by atoms with Crippen molar-refractivity contribution in [3.05, 3.63) is 0 Å². The molecule has 0 heterocycles. The molecule has 3 nitrogen and oxygen atoms in total. The fourth-order valence-electron chi connectivity index (χ4n) is 0.998. The zero-order valence-electron chi connectivity index (χ0n) is 9.64. The third kappa shape index (κ3) is 12.1. The lowest BCUT2D eigenvalue weighted by Crippen LogP contribution is -2.32. The maximum absolute atomic E-state index is 11.8. The van der Waals surface area contributed by atoms with Gasteiger partial charge in [-0.1, -0.05) is 0 Å². The Morgan fingerprint density at radius 1 is 1.25 bits per heavy atom. The maximum Gasteiger partial charge on any atom is 0.441 e. The highest BCUT2D eigenvalue weighted by atomic mass is 32.2. The van der Waals surface area contributed by atoms with Gasteiger partial charge in [0.15, 0.2) is 0 Å². The van der Waals surface area contributed by atoms with Gasteiger partial charge >= 0.3 is 5.51 Å². The van der Waals surface area contributed by atoms with Crippen LogP contribution >= 0.6 is 11.8 Å². The van der Waals surface area contributed by atoms with Gasteiger partial charge in [-0.3, -0.25) is 0 Å². The Labute approximate surface area is 98.7 Å². The van der Waals surface area contributed by atoms with Gasteiger partial charge in [0.25, 0.3) is 0 Å². The van der Waals surface area contributed by atoms with E-state index in [4.69, 9.17) is 4.74 Å². The van der Waals surface area contributed by atoms with Crippen molar-refractivity contribution in [1.82, 2.24) is 10.2 Å². The van der Waals surface area contributed by atoms with Crippen LogP contribution in [-0.4, -0.2) is 63.1 Å². The lowest BCUT2D eigenvalue weighted by molar-refractivity contribution is -0.0328. The molecule has 0 aliphatic rings. The molecule has 0 atom stereocenters. The number of ether oxygens (including phenoxy) is 1. The molecular weight excluding hydrogens is 241 g/mol. The van der Waals surface area contributed by atoms with Gasteiger partial charge in [-0.05, 0) is 18.8 Å². The smallest absolute Gasteiger partial charge is 0.383 e. The number of likely N-dealkylation sites (N-methyl/N-ethyl adjacent to an activating group) is 1. The van der Waals surface area contributed by atoms with Crippen molar-refractivity contribution in [2.75, 3.05) is 52.7 Å². The van der Waals surface area contributed by atoms with Crippen LogP contribution in [0.4, 0.5) is 13.2 Å². The molecule has 0 aromatic carbocycles. The van der Waals surface area contributed by atoms with Crippen LogP contribution in [0.25, 0.3) is 0 Å². The van der Waals surface area contributed by atoms with Crippen LogP contribution in [0.15, 0.2) is 0 Å². The van der Waals surface area contributed by atoms with E-state index in [1.54, 1.807) is 7.11 Å². The van der Waals surface area contributed by atoms with E-state index in [-0.39, 0.29) is 17.5 Å². The number of halogens is 3. The first-order chi connectivity index (χ1) is 7.45. The SMILES string of the molecule is COCCNCCN(C)CCSC(F)(F)F. The minimum atomic E-state index is -4.11. The van der Waals surface area contributed by atoms with Gasteiger partial charge in [0.2, 0.25) is 0 Å². The minimum Gasteiger partial charge on any atom is -0.383 e. The number of nitrogens with zero attached hydrogens (tertiary/aromatic N) is 1. The average molecular weight is 260 g/mol. The van der Waals surface area contributed by atoms with Crippen LogP contribution < -0.4 is 5.32 Å². The molecular formula is C9H19F3N2OS. The van der Waals surface area contributed by atoms with E-state index in [9.17, 15) is 13.2 Å². The quantitative estimate of drug-likeness (QED) is 0.634. The zero-order chi connectivity index (χ0) is 12.4. The lowest BCUT2D eigenvalue weighted by Gasteiger charge is -2.16. The van der Waals surface area contributed by atoms with E-state index in [1.807, 2.05) is 11.9 Å². The molecule has 0 amide bonds. The Kier molecular flexibility index (Phi) is 9.10. The molecule has 7 heteroatoms. The summed E-state index contributed by atoms with van der Waals surface area (Å²) in [5.74, 6) is 0.0814. The average Bonchev–Trinajstić information content (AvgIpc) is 2.15. The summed E-state index contributed by atoms with van der Waals surface area (Å²) < 4.78 is 40.3. The highest BCUT2D eigenvalue weighted by Crippen LogP contribution is 2.29. The summed E-state index contributed by atoms with van der Waals surface area (Å²) in [5.41, 5.74) is -4.11. The number of rotatable bonds is 9. The summed E-state index contributed by atoms with van der Waals surface area (Å²) in [4.78, 5) is 1.87. The normalized spacial score (nSPS) is 12.4. The third-order valence-electron chi connectivity index (χ3n) is 1.89. The van der Waals surface area contributed by atoms with Gasteiger partial charge in [0.1, 0.15) is 0 Å². The van der Waals surface area contributed by atoms with Crippen LogP contribution in [-0.2, 0) is 4.74 Å². The molecule has 0 radical (unpaired) electrons. The molecule has 0 fully saturated rings. The Hall–Kier alpha value is 0.0200. The molecule has 0 aliphatic heterocycles. The van der Waals surface area contributed by atoms with E-state index in [1.165, 1.54) is 0 Å². The van der Waals surface area contributed by atoms with Crippen LogP contribution in [0.1, 0.15) is 0 Å². The molecule has 0 bridgehead atoms. The monoisotopic (exact) mass is 260 g/mol. The highest BCUT2D eigenvalue weighted by Gasteiger charge is 2.27. The summed E-state index contributed by atoms with van der Waals surface area (Å²) in [5, 5.41) is 3.13. The van der Waals surface area contributed by atoms with Crippen molar-refractivity contribution in [1.29, 1.82) is 0 Å². The number of alkyl halides is 3. The predicted octanol–water partition coefficient (Wildman–Crippen LogP) is 1.41. The largest absolute Gasteiger partial charge is 0.441 e. The fraction of sp³-hybridized carbons (Fsp3) is 1.00. The summed E-state index contributed by atoms with van der Waals surface area (Å²) in [6, 6.07) is 0. The first-order valence-corrected chi connectivity index (χ1v) is 6.03. The summed E-state index contributed by atoms with van der Waals surface area (Å²) in [6.07, 6.45) is 0. The molecule has 0 saturated carbocycles. The van der Waals surface area contributed by atoms with Crippen molar-refractivity contribution in [3.63, 3.8) is 0 Å². The molecule has 0 spiro atoms. The van der Waals surface area contributed by atoms with E-state index in [0.717, 1.165) is 19.6 Å². The number of thioether (sulfide) groups is 1. The van der Waals surface area contributed by atoms with E-state index in [0.29, 0.717) is 13.2 Å². The van der Waals surface area contributed by atoms with Crippen molar-refractivity contribution in [2.45, 2.75) is 5.51 Å². The minimum absolute atomic E-state index is 0.0272. The number of nitrogens with one attached hydrogen (secondary N) is 1. The number of hydrogen-bond donors (Lipinski definition) is 1. The van der Waals surface area contributed by atoms with Crippen LogP contribution in [0.3, 0.4) is 0 Å². The van der Waals surface area contributed by atoms with Crippen molar-refractivity contribution < 1.29 is 17.9 Å². The molecule has 0 aromatic heterocycles.